The summed E-state index contributed by atoms with van der Waals surface area (Å²) in [7, 11) is 0. The predicted octanol–water partition coefficient (Wildman–Crippen LogP) is 4.95. The number of imidazole rings is 1. The number of hydrogen-bond acceptors (Lipinski definition) is 1. The number of H-pyrrole nitrogens is 1. The SMILES string of the molecule is [c]1cccc(-c2ccc3nc(-c4cccc5[nH]ccc45)cn3c2)c1. The van der Waals surface area contributed by atoms with Crippen molar-refractivity contribution in [3.63, 3.8) is 0 Å². The first-order valence-corrected chi connectivity index (χ1v) is 7.90. The zero-order valence-electron chi connectivity index (χ0n) is 12.9. The Morgan fingerprint density at radius 3 is 2.83 bits per heavy atom. The highest BCUT2D eigenvalue weighted by Crippen LogP contribution is 2.28. The molecule has 2 aromatic carbocycles. The van der Waals surface area contributed by atoms with Crippen LogP contribution in [0.2, 0.25) is 0 Å². The van der Waals surface area contributed by atoms with Crippen LogP contribution in [0.1, 0.15) is 0 Å². The van der Waals surface area contributed by atoms with E-state index in [1.807, 2.05) is 24.4 Å². The molecule has 113 valence electrons. The summed E-state index contributed by atoms with van der Waals surface area (Å²) in [6.45, 7) is 0. The third kappa shape index (κ3) is 2.02. The third-order valence-corrected chi connectivity index (χ3v) is 4.36. The Bertz CT molecular complexity index is 1150. The van der Waals surface area contributed by atoms with E-state index in [2.05, 4.69) is 70.3 Å². The van der Waals surface area contributed by atoms with E-state index < -0.39 is 0 Å². The van der Waals surface area contributed by atoms with E-state index in [0.29, 0.717) is 0 Å². The summed E-state index contributed by atoms with van der Waals surface area (Å²) in [6.07, 6.45) is 6.17. The molecule has 5 rings (SSSR count). The maximum Gasteiger partial charge on any atom is 0.137 e. The van der Waals surface area contributed by atoms with Crippen LogP contribution in [-0.2, 0) is 0 Å². The van der Waals surface area contributed by atoms with Crippen molar-refractivity contribution in [1.82, 2.24) is 14.4 Å². The quantitative estimate of drug-likeness (QED) is 0.492. The lowest BCUT2D eigenvalue weighted by atomic mass is 10.1. The molecule has 1 radical (unpaired) electrons. The zero-order valence-corrected chi connectivity index (χ0v) is 12.9. The summed E-state index contributed by atoms with van der Waals surface area (Å²) in [5.41, 5.74) is 6.51. The van der Waals surface area contributed by atoms with Crippen LogP contribution < -0.4 is 0 Å². The van der Waals surface area contributed by atoms with Gasteiger partial charge in [-0.2, -0.15) is 0 Å². The van der Waals surface area contributed by atoms with Crippen LogP contribution in [0.15, 0.2) is 79.3 Å². The van der Waals surface area contributed by atoms with Gasteiger partial charge in [-0.3, -0.25) is 0 Å². The molecule has 0 amide bonds. The van der Waals surface area contributed by atoms with Gasteiger partial charge in [-0.25, -0.2) is 4.98 Å². The molecule has 0 atom stereocenters. The first-order valence-electron chi connectivity index (χ1n) is 7.90. The molecule has 0 bridgehead atoms. The molecule has 0 aliphatic rings. The summed E-state index contributed by atoms with van der Waals surface area (Å²) in [5.74, 6) is 0. The van der Waals surface area contributed by atoms with Crippen LogP contribution in [-0.4, -0.2) is 14.4 Å². The second-order valence-electron chi connectivity index (χ2n) is 5.85. The third-order valence-electron chi connectivity index (χ3n) is 4.36. The standard InChI is InChI=1S/C21H14N3/c1-2-5-15(6-3-1)16-9-10-21-23-20(14-24(21)13-16)17-7-4-8-19-18(17)11-12-22-19/h1-2,4-14,22H. The van der Waals surface area contributed by atoms with E-state index in [4.69, 9.17) is 4.98 Å². The molecule has 3 aromatic heterocycles. The van der Waals surface area contributed by atoms with Crippen LogP contribution in [0, 0.1) is 6.07 Å². The van der Waals surface area contributed by atoms with E-state index >= 15 is 0 Å². The van der Waals surface area contributed by atoms with Gasteiger partial charge in [0.25, 0.3) is 0 Å². The van der Waals surface area contributed by atoms with Crippen LogP contribution in [0.4, 0.5) is 0 Å². The van der Waals surface area contributed by atoms with Crippen molar-refractivity contribution >= 4 is 16.6 Å². The monoisotopic (exact) mass is 308 g/mol. The molecular weight excluding hydrogens is 294 g/mol. The van der Waals surface area contributed by atoms with Crippen molar-refractivity contribution in [2.45, 2.75) is 0 Å². The largest absolute Gasteiger partial charge is 0.361 e. The molecule has 0 spiro atoms. The van der Waals surface area contributed by atoms with Crippen molar-refractivity contribution in [3.8, 4) is 22.4 Å². The summed E-state index contributed by atoms with van der Waals surface area (Å²) in [4.78, 5) is 8.04. The lowest BCUT2D eigenvalue weighted by molar-refractivity contribution is 1.19. The molecule has 0 unspecified atom stereocenters. The summed E-state index contributed by atoms with van der Waals surface area (Å²) in [6, 6.07) is 23.7. The molecular formula is C21H14N3. The Labute approximate surface area is 139 Å². The van der Waals surface area contributed by atoms with Gasteiger partial charge in [0, 0.05) is 35.1 Å². The number of nitrogens with one attached hydrogen (secondary N) is 1. The van der Waals surface area contributed by atoms with Crippen molar-refractivity contribution < 1.29 is 0 Å². The number of fused-ring (bicyclic) bond motifs is 2. The molecule has 3 nitrogen and oxygen atoms in total. The lowest BCUT2D eigenvalue weighted by Crippen LogP contribution is -1.84. The summed E-state index contributed by atoms with van der Waals surface area (Å²) in [5, 5.41) is 1.19. The fourth-order valence-electron chi connectivity index (χ4n) is 3.17. The van der Waals surface area contributed by atoms with Gasteiger partial charge < -0.3 is 9.38 Å². The van der Waals surface area contributed by atoms with Crippen LogP contribution in [0.3, 0.4) is 0 Å². The van der Waals surface area contributed by atoms with Crippen LogP contribution in [0.25, 0.3) is 38.9 Å². The maximum absolute atomic E-state index is 4.79. The molecule has 5 aromatic rings. The highest BCUT2D eigenvalue weighted by molar-refractivity contribution is 5.94. The lowest BCUT2D eigenvalue weighted by Gasteiger charge is -2.01. The van der Waals surface area contributed by atoms with E-state index in [1.54, 1.807) is 0 Å². The van der Waals surface area contributed by atoms with Gasteiger partial charge >= 0.3 is 0 Å². The number of rotatable bonds is 2. The van der Waals surface area contributed by atoms with Gasteiger partial charge in [-0.1, -0.05) is 30.3 Å². The Balaban J connectivity index is 1.68. The van der Waals surface area contributed by atoms with Gasteiger partial charge in [0.15, 0.2) is 0 Å². The molecule has 0 aliphatic carbocycles. The van der Waals surface area contributed by atoms with Gasteiger partial charge in [-0.15, -0.1) is 0 Å². The fourth-order valence-corrected chi connectivity index (χ4v) is 3.17. The van der Waals surface area contributed by atoms with Crippen molar-refractivity contribution in [2.75, 3.05) is 0 Å². The minimum Gasteiger partial charge on any atom is -0.361 e. The van der Waals surface area contributed by atoms with Crippen molar-refractivity contribution in [3.05, 3.63) is 85.3 Å². The Morgan fingerprint density at radius 2 is 1.92 bits per heavy atom. The van der Waals surface area contributed by atoms with Gasteiger partial charge in [0.1, 0.15) is 5.65 Å². The highest BCUT2D eigenvalue weighted by Gasteiger charge is 2.09. The average molecular weight is 308 g/mol. The first-order chi connectivity index (χ1) is 11.9. The zero-order chi connectivity index (χ0) is 15.9. The second kappa shape index (κ2) is 5.10. The van der Waals surface area contributed by atoms with Crippen molar-refractivity contribution in [2.24, 2.45) is 0 Å². The fraction of sp³-hybridized carbons (Fsp3) is 0. The Morgan fingerprint density at radius 1 is 0.917 bits per heavy atom. The number of pyridine rings is 1. The number of hydrogen-bond donors (Lipinski definition) is 1. The van der Waals surface area contributed by atoms with Gasteiger partial charge in [-0.05, 0) is 47.5 Å². The average Bonchev–Trinajstić information content (AvgIpc) is 3.28. The normalized spacial score (nSPS) is 11.3. The maximum atomic E-state index is 4.79. The van der Waals surface area contributed by atoms with Gasteiger partial charge in [0.05, 0.1) is 5.69 Å². The number of benzene rings is 2. The molecule has 0 saturated heterocycles. The van der Waals surface area contributed by atoms with E-state index in [1.165, 1.54) is 5.39 Å². The highest BCUT2D eigenvalue weighted by atomic mass is 15.0. The van der Waals surface area contributed by atoms with Crippen molar-refractivity contribution in [1.29, 1.82) is 0 Å². The predicted molar refractivity (Wildman–Crippen MR) is 96.8 cm³/mol. The first kappa shape index (κ1) is 13.1. The van der Waals surface area contributed by atoms with E-state index in [0.717, 1.165) is 33.5 Å². The molecule has 0 saturated carbocycles. The smallest absolute Gasteiger partial charge is 0.137 e. The molecule has 0 aliphatic heterocycles. The number of aromatic nitrogens is 3. The van der Waals surface area contributed by atoms with Gasteiger partial charge in [0.2, 0.25) is 0 Å². The molecule has 0 fully saturated rings. The minimum absolute atomic E-state index is 0.946. The summed E-state index contributed by atoms with van der Waals surface area (Å²) >= 11 is 0. The summed E-state index contributed by atoms with van der Waals surface area (Å²) < 4.78 is 2.09. The van der Waals surface area contributed by atoms with Crippen LogP contribution >= 0.6 is 0 Å². The Kier molecular flexibility index (Phi) is 2.79. The van der Waals surface area contributed by atoms with E-state index in [9.17, 15) is 0 Å². The molecule has 24 heavy (non-hydrogen) atoms. The number of nitrogens with zero attached hydrogens (tertiary/aromatic N) is 2. The molecule has 3 heterocycles. The van der Waals surface area contributed by atoms with Crippen LogP contribution in [0.5, 0.6) is 0 Å². The second-order valence-corrected chi connectivity index (χ2v) is 5.85. The topological polar surface area (TPSA) is 33.1 Å². The molecule has 1 N–H and O–H groups in total. The van der Waals surface area contributed by atoms with E-state index in [-0.39, 0.29) is 0 Å². The number of aromatic amines is 1. The Hall–Kier alpha value is -3.33. The minimum atomic E-state index is 0.946. The molecule has 3 heteroatoms.